The molecule has 29 heavy (non-hydrogen) atoms. The highest BCUT2D eigenvalue weighted by Crippen LogP contribution is 2.52. The molecule has 0 aromatic heterocycles. The molecule has 1 fully saturated rings. The maximum Gasteiger partial charge on any atom is 0.139 e. The van der Waals surface area contributed by atoms with Gasteiger partial charge < -0.3 is 14.4 Å². The van der Waals surface area contributed by atoms with E-state index in [0.717, 1.165) is 37.2 Å². The predicted molar refractivity (Wildman–Crippen MR) is 116 cm³/mol. The molecule has 2 heterocycles. The summed E-state index contributed by atoms with van der Waals surface area (Å²) in [5.74, 6) is 8.18. The summed E-state index contributed by atoms with van der Waals surface area (Å²) in [5, 5.41) is 0. The average molecular weight is 391 g/mol. The smallest absolute Gasteiger partial charge is 0.139 e. The molecule has 0 amide bonds. The lowest BCUT2D eigenvalue weighted by Crippen LogP contribution is -3.07. The van der Waals surface area contributed by atoms with E-state index in [-0.39, 0.29) is 11.7 Å². The van der Waals surface area contributed by atoms with Crippen molar-refractivity contribution in [3.05, 3.63) is 65.7 Å². The topological polar surface area (TPSA) is 22.9 Å². The quantitative estimate of drug-likeness (QED) is 0.806. The molecule has 4 atom stereocenters. The van der Waals surface area contributed by atoms with Crippen molar-refractivity contribution in [2.75, 3.05) is 13.6 Å². The zero-order chi connectivity index (χ0) is 20.5. The average Bonchev–Trinajstić information content (AvgIpc) is 2.68. The van der Waals surface area contributed by atoms with Crippen molar-refractivity contribution < 1.29 is 14.4 Å². The lowest BCUT2D eigenvalue weighted by molar-refractivity contribution is -0.886. The van der Waals surface area contributed by atoms with Crippen LogP contribution < -0.4 is 9.64 Å². The number of fused-ring (bicyclic) bond motifs is 3. The van der Waals surface area contributed by atoms with E-state index in [9.17, 15) is 0 Å². The van der Waals surface area contributed by atoms with Gasteiger partial charge in [-0.2, -0.15) is 0 Å². The number of rotatable bonds is 3. The molecule has 0 bridgehead atoms. The van der Waals surface area contributed by atoms with Gasteiger partial charge in [-0.05, 0) is 45.6 Å². The lowest BCUT2D eigenvalue weighted by Gasteiger charge is -2.50. The fourth-order valence-electron chi connectivity index (χ4n) is 4.64. The highest BCUT2D eigenvalue weighted by atomic mass is 16.5. The molecule has 0 spiro atoms. The summed E-state index contributed by atoms with van der Waals surface area (Å²) in [6.45, 7) is 8.30. The van der Waals surface area contributed by atoms with E-state index in [2.05, 4.69) is 88.2 Å². The molecular weight excluding hydrogens is 358 g/mol. The number of hydrogen-bond acceptors (Lipinski definition) is 2. The molecule has 2 aliphatic heterocycles. The van der Waals surface area contributed by atoms with E-state index in [1.807, 2.05) is 6.07 Å². The highest BCUT2D eigenvalue weighted by molar-refractivity contribution is 5.39. The first-order chi connectivity index (χ1) is 13.9. The molecule has 0 radical (unpaired) electrons. The van der Waals surface area contributed by atoms with Gasteiger partial charge >= 0.3 is 0 Å². The van der Waals surface area contributed by atoms with E-state index in [1.165, 1.54) is 10.5 Å². The van der Waals surface area contributed by atoms with E-state index in [0.29, 0.717) is 5.92 Å². The van der Waals surface area contributed by atoms with Crippen LogP contribution in [0.3, 0.4) is 0 Å². The molecule has 3 heteroatoms. The van der Waals surface area contributed by atoms with Crippen LogP contribution in [-0.4, -0.2) is 24.8 Å². The number of quaternary nitrogens is 1. The third-order valence-corrected chi connectivity index (χ3v) is 6.27. The van der Waals surface area contributed by atoms with E-state index in [4.69, 9.17) is 9.47 Å². The molecular formula is C26H32NO2+. The van der Waals surface area contributed by atoms with Crippen LogP contribution in [0.4, 0.5) is 0 Å². The van der Waals surface area contributed by atoms with Gasteiger partial charge in [-0.25, -0.2) is 0 Å². The SMILES string of the molecule is C[NH+](CC#C[C@]1(C)CC[C@H]2[C@H](O1)c1ccccc1OC2(C)C)Cc1ccccc1. The summed E-state index contributed by atoms with van der Waals surface area (Å²) in [6.07, 6.45) is 2.04. The molecule has 2 aliphatic rings. The Hall–Kier alpha value is -2.28. The van der Waals surface area contributed by atoms with Gasteiger partial charge in [-0.3, -0.25) is 0 Å². The normalized spacial score (nSPS) is 28.1. The standard InChI is InChI=1S/C26H31NO2/c1-25(2)22-15-17-26(3,29-24(22)21-13-8-9-14-23(21)28-25)16-10-18-27(4)19-20-11-6-5-7-12-20/h5-9,11-14,22,24H,15,17-19H2,1-4H3/p+1/t22-,24+,26+/m0/s1. The summed E-state index contributed by atoms with van der Waals surface area (Å²) >= 11 is 0. The minimum absolute atomic E-state index is 0.0393. The molecule has 3 nitrogen and oxygen atoms in total. The van der Waals surface area contributed by atoms with Crippen molar-refractivity contribution in [1.29, 1.82) is 0 Å². The van der Waals surface area contributed by atoms with Crippen LogP contribution in [0.1, 0.15) is 50.8 Å². The van der Waals surface area contributed by atoms with Gasteiger partial charge in [0.05, 0.1) is 13.2 Å². The van der Waals surface area contributed by atoms with Gasteiger partial charge in [0, 0.05) is 17.0 Å². The first-order valence-electron chi connectivity index (χ1n) is 10.7. The van der Waals surface area contributed by atoms with Crippen molar-refractivity contribution >= 4 is 0 Å². The molecule has 1 unspecified atom stereocenters. The second kappa shape index (κ2) is 7.86. The molecule has 0 saturated carbocycles. The van der Waals surface area contributed by atoms with Crippen molar-refractivity contribution in [2.24, 2.45) is 5.92 Å². The van der Waals surface area contributed by atoms with Gasteiger partial charge in [0.15, 0.2) is 0 Å². The van der Waals surface area contributed by atoms with E-state index < -0.39 is 5.60 Å². The first kappa shape index (κ1) is 20.0. The summed E-state index contributed by atoms with van der Waals surface area (Å²) in [7, 11) is 2.19. The molecule has 4 rings (SSSR count). The van der Waals surface area contributed by atoms with Crippen molar-refractivity contribution in [3.63, 3.8) is 0 Å². The maximum absolute atomic E-state index is 6.68. The van der Waals surface area contributed by atoms with Gasteiger partial charge in [0.2, 0.25) is 0 Å². The summed E-state index contributed by atoms with van der Waals surface area (Å²) in [6, 6.07) is 18.9. The van der Waals surface area contributed by atoms with Crippen LogP contribution in [0.15, 0.2) is 54.6 Å². The van der Waals surface area contributed by atoms with Crippen LogP contribution in [0.5, 0.6) is 5.75 Å². The fraction of sp³-hybridized carbons (Fsp3) is 0.462. The number of ether oxygens (including phenoxy) is 2. The predicted octanol–water partition coefficient (Wildman–Crippen LogP) is 3.80. The van der Waals surface area contributed by atoms with Crippen LogP contribution in [-0.2, 0) is 11.3 Å². The summed E-state index contributed by atoms with van der Waals surface area (Å²) < 4.78 is 13.0. The number of nitrogens with one attached hydrogen (secondary N) is 1. The fourth-order valence-corrected chi connectivity index (χ4v) is 4.64. The first-order valence-corrected chi connectivity index (χ1v) is 10.7. The largest absolute Gasteiger partial charge is 0.487 e. The minimum atomic E-state index is -0.408. The second-order valence-electron chi connectivity index (χ2n) is 9.26. The van der Waals surface area contributed by atoms with Crippen LogP contribution in [0, 0.1) is 17.8 Å². The zero-order valence-electron chi connectivity index (χ0n) is 18.0. The van der Waals surface area contributed by atoms with Crippen molar-refractivity contribution in [1.82, 2.24) is 0 Å². The Morgan fingerprint density at radius 1 is 1.03 bits per heavy atom. The molecule has 1 saturated heterocycles. The van der Waals surface area contributed by atoms with E-state index in [1.54, 1.807) is 0 Å². The van der Waals surface area contributed by atoms with Gasteiger partial charge in [0.25, 0.3) is 0 Å². The Morgan fingerprint density at radius 2 is 1.76 bits per heavy atom. The molecule has 1 N–H and O–H groups in total. The van der Waals surface area contributed by atoms with Crippen molar-refractivity contribution in [2.45, 2.75) is 57.5 Å². The number of para-hydroxylation sites is 1. The van der Waals surface area contributed by atoms with Crippen LogP contribution >= 0.6 is 0 Å². The van der Waals surface area contributed by atoms with E-state index >= 15 is 0 Å². The minimum Gasteiger partial charge on any atom is -0.487 e. The third-order valence-electron chi connectivity index (χ3n) is 6.27. The summed E-state index contributed by atoms with van der Waals surface area (Å²) in [5.41, 5.74) is 1.87. The molecule has 0 aliphatic carbocycles. The zero-order valence-corrected chi connectivity index (χ0v) is 18.0. The monoisotopic (exact) mass is 390 g/mol. The third kappa shape index (κ3) is 4.34. The Labute approximate surface area is 175 Å². The van der Waals surface area contributed by atoms with Gasteiger partial charge in [0.1, 0.15) is 30.0 Å². The van der Waals surface area contributed by atoms with Crippen molar-refractivity contribution in [3.8, 4) is 17.6 Å². The number of hydrogen-bond donors (Lipinski definition) is 1. The second-order valence-corrected chi connectivity index (χ2v) is 9.26. The highest BCUT2D eigenvalue weighted by Gasteiger charge is 2.49. The van der Waals surface area contributed by atoms with Crippen LogP contribution in [0.2, 0.25) is 0 Å². The van der Waals surface area contributed by atoms with Crippen LogP contribution in [0.25, 0.3) is 0 Å². The van der Waals surface area contributed by atoms with Gasteiger partial charge in [-0.15, -0.1) is 0 Å². The lowest BCUT2D eigenvalue weighted by atomic mass is 9.73. The molecule has 2 aromatic rings. The molecule has 2 aromatic carbocycles. The molecule has 152 valence electrons. The maximum atomic E-state index is 6.68. The Balaban J connectivity index is 1.46. The van der Waals surface area contributed by atoms with Gasteiger partial charge in [-0.1, -0.05) is 54.5 Å². The Bertz CT molecular complexity index is 911. The number of benzene rings is 2. The Morgan fingerprint density at radius 3 is 2.55 bits per heavy atom. The summed E-state index contributed by atoms with van der Waals surface area (Å²) in [4.78, 5) is 1.39. The Kier molecular flexibility index (Phi) is 5.42.